The van der Waals surface area contributed by atoms with Gasteiger partial charge in [-0.2, -0.15) is 0 Å². The topological polar surface area (TPSA) is 41.1 Å². The van der Waals surface area contributed by atoms with Crippen LogP contribution in [0.1, 0.15) is 20.3 Å². The molecule has 1 amide bonds. The fraction of sp³-hybridized carbons (Fsp3) is 0.857. The monoisotopic (exact) mass is 144 g/mol. The lowest BCUT2D eigenvalue weighted by Crippen LogP contribution is -2.42. The Balaban J connectivity index is 3.68. The van der Waals surface area contributed by atoms with Crippen molar-refractivity contribution in [1.82, 2.24) is 10.6 Å². The Bertz CT molecular complexity index is 104. The maximum atomic E-state index is 11.0. The van der Waals surface area contributed by atoms with E-state index in [0.29, 0.717) is 0 Å². The Morgan fingerprint density at radius 3 is 2.40 bits per heavy atom. The average Bonchev–Trinajstić information content (AvgIpc) is 1.99. The molecular weight excluding hydrogens is 128 g/mol. The Morgan fingerprint density at radius 1 is 1.50 bits per heavy atom. The van der Waals surface area contributed by atoms with Crippen LogP contribution in [0.15, 0.2) is 0 Å². The highest BCUT2D eigenvalue weighted by atomic mass is 16.2. The fourth-order valence-corrected chi connectivity index (χ4v) is 0.843. The van der Waals surface area contributed by atoms with E-state index in [0.717, 1.165) is 13.0 Å². The van der Waals surface area contributed by atoms with Gasteiger partial charge in [-0.3, -0.25) is 4.79 Å². The van der Waals surface area contributed by atoms with Crippen molar-refractivity contribution in [2.45, 2.75) is 26.3 Å². The van der Waals surface area contributed by atoms with Gasteiger partial charge in [0.1, 0.15) is 0 Å². The number of carbonyl (C=O) groups is 1. The first-order valence-corrected chi connectivity index (χ1v) is 3.71. The minimum absolute atomic E-state index is 0.0185. The van der Waals surface area contributed by atoms with E-state index in [1.54, 1.807) is 7.05 Å². The number of rotatable bonds is 4. The first kappa shape index (κ1) is 9.43. The Kier molecular flexibility index (Phi) is 4.94. The molecule has 0 saturated carbocycles. The number of hydrogen-bond acceptors (Lipinski definition) is 2. The number of amides is 1. The van der Waals surface area contributed by atoms with Crippen molar-refractivity contribution in [1.29, 1.82) is 0 Å². The molecule has 0 aliphatic rings. The maximum Gasteiger partial charge on any atom is 0.236 e. The predicted molar refractivity (Wildman–Crippen MR) is 41.8 cm³/mol. The van der Waals surface area contributed by atoms with Crippen LogP contribution in [0.3, 0.4) is 0 Å². The molecule has 0 aliphatic carbocycles. The summed E-state index contributed by atoms with van der Waals surface area (Å²) in [5.74, 6) is 0.0735. The summed E-state index contributed by atoms with van der Waals surface area (Å²) in [7, 11) is 1.66. The molecule has 0 fully saturated rings. The standard InChI is InChI=1S/C7H16N2O/c1-4-6(9-5-2)7(10)8-3/h6,9H,4-5H2,1-3H3,(H,8,10). The quantitative estimate of drug-likeness (QED) is 0.588. The van der Waals surface area contributed by atoms with E-state index in [1.807, 2.05) is 13.8 Å². The highest BCUT2D eigenvalue weighted by Crippen LogP contribution is 1.88. The van der Waals surface area contributed by atoms with Gasteiger partial charge >= 0.3 is 0 Å². The van der Waals surface area contributed by atoms with Gasteiger partial charge in [0.25, 0.3) is 0 Å². The molecule has 0 aromatic carbocycles. The van der Waals surface area contributed by atoms with Crippen LogP contribution in [0.25, 0.3) is 0 Å². The van der Waals surface area contributed by atoms with E-state index in [4.69, 9.17) is 0 Å². The summed E-state index contributed by atoms with van der Waals surface area (Å²) in [5, 5.41) is 5.67. The van der Waals surface area contributed by atoms with Crippen molar-refractivity contribution in [3.8, 4) is 0 Å². The number of carbonyl (C=O) groups excluding carboxylic acids is 1. The van der Waals surface area contributed by atoms with Gasteiger partial charge in [-0.1, -0.05) is 13.8 Å². The van der Waals surface area contributed by atoms with Gasteiger partial charge in [0.2, 0.25) is 5.91 Å². The molecule has 10 heavy (non-hydrogen) atoms. The summed E-state index contributed by atoms with van der Waals surface area (Å²) in [4.78, 5) is 11.0. The molecule has 0 saturated heterocycles. The highest BCUT2D eigenvalue weighted by molar-refractivity contribution is 5.81. The smallest absolute Gasteiger partial charge is 0.236 e. The third-order valence-electron chi connectivity index (χ3n) is 1.42. The third-order valence-corrected chi connectivity index (χ3v) is 1.42. The summed E-state index contributed by atoms with van der Waals surface area (Å²) in [6.45, 7) is 4.82. The van der Waals surface area contributed by atoms with Crippen LogP contribution >= 0.6 is 0 Å². The lowest BCUT2D eigenvalue weighted by molar-refractivity contribution is -0.122. The summed E-state index contributed by atoms with van der Waals surface area (Å²) in [5.41, 5.74) is 0. The van der Waals surface area contributed by atoms with E-state index in [1.165, 1.54) is 0 Å². The van der Waals surface area contributed by atoms with Crippen LogP contribution in [0.4, 0.5) is 0 Å². The molecule has 1 atom stereocenters. The van der Waals surface area contributed by atoms with Gasteiger partial charge in [-0.15, -0.1) is 0 Å². The average molecular weight is 144 g/mol. The molecule has 0 radical (unpaired) electrons. The number of nitrogens with one attached hydrogen (secondary N) is 2. The Morgan fingerprint density at radius 2 is 2.10 bits per heavy atom. The second-order valence-electron chi connectivity index (χ2n) is 2.13. The zero-order chi connectivity index (χ0) is 7.98. The van der Waals surface area contributed by atoms with Crippen molar-refractivity contribution < 1.29 is 4.79 Å². The van der Waals surface area contributed by atoms with Gasteiger partial charge in [0.05, 0.1) is 6.04 Å². The van der Waals surface area contributed by atoms with Gasteiger partial charge in [0.15, 0.2) is 0 Å². The van der Waals surface area contributed by atoms with Crippen molar-refractivity contribution in [2.24, 2.45) is 0 Å². The molecule has 3 heteroatoms. The van der Waals surface area contributed by atoms with E-state index < -0.39 is 0 Å². The first-order chi connectivity index (χ1) is 4.76. The molecular formula is C7H16N2O. The van der Waals surface area contributed by atoms with Crippen LogP contribution in [-0.4, -0.2) is 25.5 Å². The van der Waals surface area contributed by atoms with Gasteiger partial charge in [-0.25, -0.2) is 0 Å². The lowest BCUT2D eigenvalue weighted by Gasteiger charge is -2.12. The van der Waals surface area contributed by atoms with Gasteiger partial charge in [0, 0.05) is 7.05 Å². The van der Waals surface area contributed by atoms with E-state index >= 15 is 0 Å². The molecule has 3 nitrogen and oxygen atoms in total. The van der Waals surface area contributed by atoms with Crippen molar-refractivity contribution in [3.63, 3.8) is 0 Å². The van der Waals surface area contributed by atoms with Crippen LogP contribution in [0.5, 0.6) is 0 Å². The van der Waals surface area contributed by atoms with Crippen LogP contribution in [0, 0.1) is 0 Å². The molecule has 2 N–H and O–H groups in total. The molecule has 0 spiro atoms. The molecule has 0 aromatic heterocycles. The van der Waals surface area contributed by atoms with E-state index in [2.05, 4.69) is 10.6 Å². The lowest BCUT2D eigenvalue weighted by atomic mass is 10.2. The SMILES string of the molecule is CCNC(CC)C(=O)NC. The van der Waals surface area contributed by atoms with Crippen LogP contribution in [-0.2, 0) is 4.79 Å². The Hall–Kier alpha value is -0.570. The minimum atomic E-state index is -0.0185. The summed E-state index contributed by atoms with van der Waals surface area (Å²) in [6.07, 6.45) is 0.841. The minimum Gasteiger partial charge on any atom is -0.358 e. The molecule has 0 bridgehead atoms. The molecule has 0 aromatic rings. The Labute approximate surface area is 62.2 Å². The predicted octanol–water partition coefficient (Wildman–Crippen LogP) is 0.120. The fourth-order valence-electron chi connectivity index (χ4n) is 0.843. The van der Waals surface area contributed by atoms with Crippen molar-refractivity contribution in [3.05, 3.63) is 0 Å². The summed E-state index contributed by atoms with van der Waals surface area (Å²) < 4.78 is 0. The highest BCUT2D eigenvalue weighted by Gasteiger charge is 2.11. The van der Waals surface area contributed by atoms with Crippen molar-refractivity contribution >= 4 is 5.91 Å². The van der Waals surface area contributed by atoms with E-state index in [9.17, 15) is 4.79 Å². The molecule has 0 heterocycles. The van der Waals surface area contributed by atoms with Crippen molar-refractivity contribution in [2.75, 3.05) is 13.6 Å². The zero-order valence-electron chi connectivity index (χ0n) is 6.90. The number of hydrogen-bond donors (Lipinski definition) is 2. The molecule has 1 unspecified atom stereocenters. The zero-order valence-corrected chi connectivity index (χ0v) is 6.90. The third kappa shape index (κ3) is 2.82. The molecule has 60 valence electrons. The molecule has 0 aliphatic heterocycles. The summed E-state index contributed by atoms with van der Waals surface area (Å²) >= 11 is 0. The normalized spacial score (nSPS) is 12.7. The van der Waals surface area contributed by atoms with Crippen LogP contribution < -0.4 is 10.6 Å². The first-order valence-electron chi connectivity index (χ1n) is 3.71. The van der Waals surface area contributed by atoms with E-state index in [-0.39, 0.29) is 11.9 Å². The van der Waals surface area contributed by atoms with Crippen LogP contribution in [0.2, 0.25) is 0 Å². The summed E-state index contributed by atoms with van der Waals surface area (Å²) in [6, 6.07) is -0.0185. The maximum absolute atomic E-state index is 11.0. The molecule has 0 rings (SSSR count). The van der Waals surface area contributed by atoms with Gasteiger partial charge in [-0.05, 0) is 13.0 Å². The van der Waals surface area contributed by atoms with Gasteiger partial charge < -0.3 is 10.6 Å². The second kappa shape index (κ2) is 5.23. The number of likely N-dealkylation sites (N-methyl/N-ethyl adjacent to an activating group) is 2. The largest absolute Gasteiger partial charge is 0.358 e. The second-order valence-corrected chi connectivity index (χ2v) is 2.13.